The summed E-state index contributed by atoms with van der Waals surface area (Å²) in [5.74, 6) is 0.0193. The van der Waals surface area contributed by atoms with Gasteiger partial charge in [-0.05, 0) is 18.1 Å². The Balaban J connectivity index is 0.00000361. The first kappa shape index (κ1) is 18.3. The Morgan fingerprint density at radius 1 is 1.15 bits per heavy atom. The molecule has 1 atom stereocenters. The third kappa shape index (κ3) is 4.18. The zero-order valence-electron chi connectivity index (χ0n) is 11.7. The summed E-state index contributed by atoms with van der Waals surface area (Å²) in [4.78, 5) is 11.0. The van der Waals surface area contributed by atoms with Crippen LogP contribution in [0, 0.1) is 5.92 Å². The fraction of sp³-hybridized carbons (Fsp3) is 0.462. The minimum Gasteiger partial charge on any atom is -0.496 e. The number of methoxy groups -OCH3 is 3. The molecule has 0 bridgehead atoms. The summed E-state index contributed by atoms with van der Waals surface area (Å²) >= 11 is 0. The first-order valence-corrected chi connectivity index (χ1v) is 5.79. The maximum absolute atomic E-state index is 11.0. The number of rotatable bonds is 7. The van der Waals surface area contributed by atoms with Gasteiger partial charge < -0.3 is 25.1 Å². The molecule has 0 unspecified atom stereocenters. The number of hydrogen-bond acceptors (Lipinski definition) is 5. The Kier molecular flexibility index (Phi) is 7.79. The van der Waals surface area contributed by atoms with Crippen molar-refractivity contribution in [3.8, 4) is 17.2 Å². The minimum atomic E-state index is -0.931. The molecular weight excluding hydrogens is 286 g/mol. The van der Waals surface area contributed by atoms with E-state index in [-0.39, 0.29) is 25.4 Å². The van der Waals surface area contributed by atoms with E-state index in [0.29, 0.717) is 17.2 Å². The van der Waals surface area contributed by atoms with Crippen LogP contribution in [0.25, 0.3) is 0 Å². The summed E-state index contributed by atoms with van der Waals surface area (Å²) in [6.07, 6.45) is 0.273. The zero-order chi connectivity index (χ0) is 14.4. The van der Waals surface area contributed by atoms with Gasteiger partial charge in [0.1, 0.15) is 5.75 Å². The average molecular weight is 306 g/mol. The predicted octanol–water partition coefficient (Wildman–Crippen LogP) is 1.34. The van der Waals surface area contributed by atoms with Gasteiger partial charge in [-0.15, -0.1) is 12.4 Å². The summed E-state index contributed by atoms with van der Waals surface area (Å²) < 4.78 is 15.6. The molecule has 6 nitrogen and oxygen atoms in total. The number of hydrogen-bond donors (Lipinski definition) is 2. The van der Waals surface area contributed by atoms with Crippen LogP contribution in [-0.2, 0) is 11.2 Å². The number of benzene rings is 1. The first-order valence-electron chi connectivity index (χ1n) is 5.79. The van der Waals surface area contributed by atoms with Crippen LogP contribution in [-0.4, -0.2) is 38.9 Å². The van der Waals surface area contributed by atoms with Crippen LogP contribution in [0.15, 0.2) is 12.1 Å². The van der Waals surface area contributed by atoms with Crippen LogP contribution in [0.3, 0.4) is 0 Å². The third-order valence-corrected chi connectivity index (χ3v) is 2.89. The molecule has 3 N–H and O–H groups in total. The average Bonchev–Trinajstić information content (AvgIpc) is 2.43. The van der Waals surface area contributed by atoms with E-state index < -0.39 is 11.9 Å². The molecule has 0 heterocycles. The number of halogens is 1. The lowest BCUT2D eigenvalue weighted by molar-refractivity contribution is -0.141. The summed E-state index contributed by atoms with van der Waals surface area (Å²) in [5, 5.41) is 9.05. The number of ether oxygens (including phenoxy) is 3. The van der Waals surface area contributed by atoms with E-state index in [0.717, 1.165) is 5.56 Å². The molecule has 0 fully saturated rings. The molecule has 1 aromatic rings. The van der Waals surface area contributed by atoms with Gasteiger partial charge in [0.15, 0.2) is 11.5 Å². The van der Waals surface area contributed by atoms with Gasteiger partial charge in [0.25, 0.3) is 0 Å². The largest absolute Gasteiger partial charge is 0.496 e. The normalized spacial score (nSPS) is 11.2. The number of carboxylic acid groups (broad SMARTS) is 1. The van der Waals surface area contributed by atoms with Crippen molar-refractivity contribution in [2.45, 2.75) is 6.42 Å². The highest BCUT2D eigenvalue weighted by Gasteiger charge is 2.20. The fourth-order valence-electron chi connectivity index (χ4n) is 1.79. The molecule has 114 valence electrons. The van der Waals surface area contributed by atoms with Crippen LogP contribution in [0.2, 0.25) is 0 Å². The molecule has 0 radical (unpaired) electrons. The van der Waals surface area contributed by atoms with E-state index in [9.17, 15) is 4.79 Å². The second-order valence-electron chi connectivity index (χ2n) is 3.99. The monoisotopic (exact) mass is 305 g/mol. The van der Waals surface area contributed by atoms with Crippen molar-refractivity contribution in [1.82, 2.24) is 0 Å². The van der Waals surface area contributed by atoms with E-state index in [2.05, 4.69) is 0 Å². The van der Waals surface area contributed by atoms with Gasteiger partial charge in [0.05, 0.1) is 27.2 Å². The first-order chi connectivity index (χ1) is 9.07. The van der Waals surface area contributed by atoms with Gasteiger partial charge in [-0.3, -0.25) is 4.79 Å². The van der Waals surface area contributed by atoms with Crippen molar-refractivity contribution in [3.63, 3.8) is 0 Å². The number of nitrogens with two attached hydrogens (primary N) is 1. The van der Waals surface area contributed by atoms with E-state index >= 15 is 0 Å². The van der Waals surface area contributed by atoms with Gasteiger partial charge in [-0.1, -0.05) is 0 Å². The van der Waals surface area contributed by atoms with Gasteiger partial charge in [0, 0.05) is 12.6 Å². The molecule has 0 aliphatic heterocycles. The Bertz CT molecular complexity index is 453. The lowest BCUT2D eigenvalue weighted by Gasteiger charge is -2.16. The molecule has 0 amide bonds. The van der Waals surface area contributed by atoms with E-state index in [1.54, 1.807) is 12.1 Å². The number of aliphatic carboxylic acids is 1. The second kappa shape index (κ2) is 8.50. The summed E-state index contributed by atoms with van der Waals surface area (Å²) in [7, 11) is 4.56. The van der Waals surface area contributed by atoms with E-state index in [4.69, 9.17) is 25.1 Å². The van der Waals surface area contributed by atoms with Crippen molar-refractivity contribution in [2.24, 2.45) is 11.7 Å². The molecule has 0 aromatic heterocycles. The molecule has 1 aromatic carbocycles. The Morgan fingerprint density at radius 3 is 2.05 bits per heavy atom. The standard InChI is InChI=1S/C13H19NO5.ClH/c1-17-10-6-12(19-3)11(18-2)5-8(10)4-9(7-14)13(15)16;/h5-6,9H,4,7,14H2,1-3H3,(H,15,16);1H/t9-;/m0./s1. The highest BCUT2D eigenvalue weighted by molar-refractivity contribution is 5.85. The lowest BCUT2D eigenvalue weighted by Crippen LogP contribution is -2.25. The molecule has 1 rings (SSSR count). The lowest BCUT2D eigenvalue weighted by atomic mass is 9.98. The van der Waals surface area contributed by atoms with E-state index in [1.165, 1.54) is 21.3 Å². The van der Waals surface area contributed by atoms with Gasteiger partial charge in [-0.2, -0.15) is 0 Å². The Morgan fingerprint density at radius 2 is 1.65 bits per heavy atom. The summed E-state index contributed by atoms with van der Waals surface area (Å²) in [6, 6.07) is 3.38. The smallest absolute Gasteiger partial charge is 0.308 e. The van der Waals surface area contributed by atoms with Crippen LogP contribution < -0.4 is 19.9 Å². The molecule has 0 aliphatic carbocycles. The van der Waals surface area contributed by atoms with Crippen molar-refractivity contribution in [1.29, 1.82) is 0 Å². The van der Waals surface area contributed by atoms with E-state index in [1.807, 2.05) is 0 Å². The summed E-state index contributed by atoms with van der Waals surface area (Å²) in [5.41, 5.74) is 6.18. The quantitative estimate of drug-likeness (QED) is 0.790. The van der Waals surface area contributed by atoms with Crippen LogP contribution in [0.1, 0.15) is 5.56 Å². The minimum absolute atomic E-state index is 0. The highest BCUT2D eigenvalue weighted by atomic mass is 35.5. The fourth-order valence-corrected chi connectivity index (χ4v) is 1.79. The Hall–Kier alpha value is -1.66. The molecule has 7 heteroatoms. The second-order valence-corrected chi connectivity index (χ2v) is 3.99. The topological polar surface area (TPSA) is 91.0 Å². The van der Waals surface area contributed by atoms with Crippen molar-refractivity contribution < 1.29 is 24.1 Å². The molecule has 0 aliphatic rings. The van der Waals surface area contributed by atoms with Gasteiger partial charge in [-0.25, -0.2) is 0 Å². The van der Waals surface area contributed by atoms with Crippen LogP contribution >= 0.6 is 12.4 Å². The zero-order valence-corrected chi connectivity index (χ0v) is 12.5. The number of carbonyl (C=O) groups is 1. The van der Waals surface area contributed by atoms with Crippen molar-refractivity contribution in [2.75, 3.05) is 27.9 Å². The highest BCUT2D eigenvalue weighted by Crippen LogP contribution is 2.35. The van der Waals surface area contributed by atoms with Crippen molar-refractivity contribution in [3.05, 3.63) is 17.7 Å². The maximum atomic E-state index is 11.0. The molecular formula is C13H20ClNO5. The van der Waals surface area contributed by atoms with Gasteiger partial charge in [0.2, 0.25) is 0 Å². The van der Waals surface area contributed by atoms with Crippen LogP contribution in [0.5, 0.6) is 17.2 Å². The maximum Gasteiger partial charge on any atom is 0.308 e. The Labute approximate surface area is 124 Å². The van der Waals surface area contributed by atoms with Crippen LogP contribution in [0.4, 0.5) is 0 Å². The van der Waals surface area contributed by atoms with Crippen molar-refractivity contribution >= 4 is 18.4 Å². The number of carboxylic acids is 1. The predicted molar refractivity (Wildman–Crippen MR) is 77.2 cm³/mol. The summed E-state index contributed by atoms with van der Waals surface area (Å²) in [6.45, 7) is 0.0623. The molecule has 0 saturated carbocycles. The molecule has 0 saturated heterocycles. The van der Waals surface area contributed by atoms with Gasteiger partial charge >= 0.3 is 5.97 Å². The third-order valence-electron chi connectivity index (χ3n) is 2.89. The SMILES string of the molecule is COc1cc(OC)c(OC)cc1C[C@@H](CN)C(=O)O.Cl. The molecule has 20 heavy (non-hydrogen) atoms. The molecule has 0 spiro atoms.